The minimum absolute atomic E-state index is 0.236. The number of unbranched alkanes of at least 4 members (excludes halogenated alkanes) is 7. The third-order valence-corrected chi connectivity index (χ3v) is 11.2. The second kappa shape index (κ2) is 10.5. The summed E-state index contributed by atoms with van der Waals surface area (Å²) in [6, 6.07) is 0. The van der Waals surface area contributed by atoms with Gasteiger partial charge in [0, 0.05) is 17.9 Å². The minimum Gasteiger partial charge on any atom is -0.393 e. The van der Waals surface area contributed by atoms with Crippen molar-refractivity contribution in [1.29, 1.82) is 0 Å². The molecule has 3 N–H and O–H groups in total. The number of carbonyl (C=O) groups excluding carboxylic acids is 1. The monoisotopic (exact) mass is 584 g/mol. The summed E-state index contributed by atoms with van der Waals surface area (Å²) in [5.74, 6) is -3.80. The third kappa shape index (κ3) is 3.95. The van der Waals surface area contributed by atoms with Gasteiger partial charge in [-0.15, -0.1) is 0 Å². The molecule has 8 nitrogen and oxygen atoms in total. The summed E-state index contributed by atoms with van der Waals surface area (Å²) in [6.07, 6.45) is 16.9. The van der Waals surface area contributed by atoms with Gasteiger partial charge >= 0.3 is 5.97 Å². The first kappa shape index (κ1) is 30.4. The summed E-state index contributed by atoms with van der Waals surface area (Å²) in [5.41, 5.74) is -4.66. The predicted octanol–water partition coefficient (Wildman–Crippen LogP) is 4.43. The quantitative estimate of drug-likeness (QED) is 0.134. The van der Waals surface area contributed by atoms with Gasteiger partial charge in [0.1, 0.15) is 29.5 Å². The zero-order valence-electron chi connectivity index (χ0n) is 25.5. The van der Waals surface area contributed by atoms with Crippen LogP contribution in [0.3, 0.4) is 0 Å². The molecule has 5 fully saturated rings. The van der Waals surface area contributed by atoms with Crippen LogP contribution in [0, 0.1) is 17.8 Å². The molecule has 8 heteroatoms. The van der Waals surface area contributed by atoms with Crippen LogP contribution in [-0.2, 0) is 23.7 Å². The van der Waals surface area contributed by atoms with Crippen molar-refractivity contribution < 1.29 is 39.1 Å². The van der Waals surface area contributed by atoms with Crippen LogP contribution in [0.25, 0.3) is 0 Å². The van der Waals surface area contributed by atoms with E-state index in [9.17, 15) is 20.1 Å². The molecule has 2 saturated carbocycles. The van der Waals surface area contributed by atoms with E-state index in [1.807, 2.05) is 26.0 Å². The molecule has 3 heterocycles. The van der Waals surface area contributed by atoms with Crippen LogP contribution in [-0.4, -0.2) is 74.4 Å². The Bertz CT molecular complexity index is 1210. The number of aliphatic hydroxyl groups is 3. The van der Waals surface area contributed by atoms with E-state index in [1.54, 1.807) is 19.1 Å². The van der Waals surface area contributed by atoms with E-state index in [0.717, 1.165) is 18.4 Å². The Kier molecular flexibility index (Phi) is 7.57. The van der Waals surface area contributed by atoms with Gasteiger partial charge in [-0.2, -0.15) is 0 Å². The van der Waals surface area contributed by atoms with Crippen molar-refractivity contribution in [3.05, 3.63) is 48.1 Å². The van der Waals surface area contributed by atoms with Gasteiger partial charge in [0.05, 0.1) is 12.2 Å². The summed E-state index contributed by atoms with van der Waals surface area (Å²) in [6.45, 7) is 11.6. The van der Waals surface area contributed by atoms with Crippen LogP contribution >= 0.6 is 0 Å². The molecular weight excluding hydrogens is 536 g/mol. The van der Waals surface area contributed by atoms with Crippen molar-refractivity contribution in [3.63, 3.8) is 0 Å². The van der Waals surface area contributed by atoms with Crippen LogP contribution in [0.15, 0.2) is 48.1 Å². The second-order valence-corrected chi connectivity index (χ2v) is 13.7. The number of rotatable bonds is 12. The number of carbonyl (C=O) groups is 1. The largest absolute Gasteiger partial charge is 0.393 e. The Morgan fingerprint density at radius 2 is 1.81 bits per heavy atom. The van der Waals surface area contributed by atoms with Crippen LogP contribution in [0.5, 0.6) is 0 Å². The lowest BCUT2D eigenvalue weighted by atomic mass is 9.54. The fraction of sp³-hybridized carbons (Fsp3) is 0.735. The number of ether oxygens (including phenoxy) is 4. The number of epoxide rings is 1. The number of ketones is 1. The summed E-state index contributed by atoms with van der Waals surface area (Å²) in [5, 5.41) is 34.2. The Hall–Kier alpha value is -1.65. The van der Waals surface area contributed by atoms with Crippen molar-refractivity contribution in [2.24, 2.45) is 17.8 Å². The number of aliphatic hydroxyl groups excluding tert-OH is 2. The van der Waals surface area contributed by atoms with Gasteiger partial charge in [0.2, 0.25) is 0 Å². The zero-order valence-corrected chi connectivity index (χ0v) is 25.5. The first-order valence-corrected chi connectivity index (χ1v) is 16.0. The highest BCUT2D eigenvalue weighted by Gasteiger charge is 2.88. The molecule has 3 bridgehead atoms. The van der Waals surface area contributed by atoms with E-state index in [1.165, 1.54) is 38.5 Å². The zero-order chi connectivity index (χ0) is 30.1. The van der Waals surface area contributed by atoms with Gasteiger partial charge in [-0.25, -0.2) is 0 Å². The Balaban J connectivity index is 1.31. The van der Waals surface area contributed by atoms with Crippen molar-refractivity contribution >= 4 is 5.78 Å². The maximum absolute atomic E-state index is 13.5. The third-order valence-electron chi connectivity index (χ3n) is 11.2. The SMILES string of the molecule is C=C(C)[C@]12CC(C)C34O[C@](C=CC=CCCCCCCCCC)(O[C@H]1[C@@H]3[C@@H]1O[C@]1(CO)[C@@H](O)[C@]1(O)C(=O)C(C)=C[C@@H]41)O2. The fourth-order valence-electron chi connectivity index (χ4n) is 8.98. The highest BCUT2D eigenvalue weighted by molar-refractivity contribution is 6.05. The number of fused-ring (bicyclic) bond motifs is 3. The summed E-state index contributed by atoms with van der Waals surface area (Å²) < 4.78 is 26.5. The molecule has 232 valence electrons. The van der Waals surface area contributed by atoms with Crippen LogP contribution in [0.4, 0.5) is 0 Å². The van der Waals surface area contributed by atoms with E-state index in [-0.39, 0.29) is 5.92 Å². The van der Waals surface area contributed by atoms with Crippen molar-refractivity contribution in [1.82, 2.24) is 0 Å². The molecule has 0 aromatic rings. The molecule has 0 radical (unpaired) electrons. The maximum atomic E-state index is 13.5. The van der Waals surface area contributed by atoms with E-state index >= 15 is 0 Å². The van der Waals surface area contributed by atoms with Gasteiger partial charge in [-0.1, -0.05) is 83.3 Å². The molecule has 2 unspecified atom stereocenters. The molecule has 42 heavy (non-hydrogen) atoms. The number of Topliss-reactive ketones (excluding diaryl/α,β-unsaturated/α-hetero) is 1. The fourth-order valence-corrected chi connectivity index (χ4v) is 8.98. The second-order valence-electron chi connectivity index (χ2n) is 13.7. The number of hydrogen-bond donors (Lipinski definition) is 3. The van der Waals surface area contributed by atoms with E-state index in [4.69, 9.17) is 18.9 Å². The number of allylic oxidation sites excluding steroid dienone is 3. The molecule has 3 aliphatic heterocycles. The molecule has 6 rings (SSSR count). The molecule has 0 aromatic heterocycles. The predicted molar refractivity (Wildman–Crippen MR) is 156 cm³/mol. The van der Waals surface area contributed by atoms with E-state index < -0.39 is 70.9 Å². The highest BCUT2D eigenvalue weighted by atomic mass is 16.9. The Morgan fingerprint density at radius 1 is 1.10 bits per heavy atom. The van der Waals surface area contributed by atoms with Crippen molar-refractivity contribution in [3.8, 4) is 0 Å². The standard InChI is InChI=1S/C34H48O8/c1-6-7-8-9-10-11-12-13-14-15-16-17-32-40-27-25-28-31(20-35,39-28)29(37)33(38)24(18-22(4)26(33)36)34(25,42-32)23(5)19-30(27,41-32)21(2)3/h14-18,23-25,27-29,35,37-38H,2,6-13,19-20H2,1,3-5H3/t23?,24-,25-,27+,28+,29-,30-,31+,32-,33-,34?/m1/s1. The van der Waals surface area contributed by atoms with Gasteiger partial charge < -0.3 is 34.3 Å². The van der Waals surface area contributed by atoms with Gasteiger partial charge in [-0.05, 0) is 50.2 Å². The lowest BCUT2D eigenvalue weighted by molar-refractivity contribution is -0.406. The highest BCUT2D eigenvalue weighted by Crippen LogP contribution is 2.72. The van der Waals surface area contributed by atoms with E-state index in [2.05, 4.69) is 19.6 Å². The summed E-state index contributed by atoms with van der Waals surface area (Å²) in [4.78, 5) is 13.5. The molecule has 0 amide bonds. The topological polar surface area (TPSA) is 118 Å². The van der Waals surface area contributed by atoms with Gasteiger partial charge in [0.25, 0.3) is 0 Å². The molecule has 0 aromatic carbocycles. The van der Waals surface area contributed by atoms with Crippen LogP contribution in [0.1, 0.15) is 85.5 Å². The lowest BCUT2D eigenvalue weighted by Crippen LogP contribution is -2.72. The molecule has 11 atom stereocenters. The molecular formula is C34H48O8. The van der Waals surface area contributed by atoms with Gasteiger partial charge in [-0.3, -0.25) is 4.79 Å². The Morgan fingerprint density at radius 3 is 2.50 bits per heavy atom. The summed E-state index contributed by atoms with van der Waals surface area (Å²) in [7, 11) is 0. The molecule has 6 aliphatic rings. The van der Waals surface area contributed by atoms with Crippen molar-refractivity contribution in [2.75, 3.05) is 6.61 Å². The average molecular weight is 585 g/mol. The first-order chi connectivity index (χ1) is 20.0. The smallest absolute Gasteiger partial charge is 0.306 e. The van der Waals surface area contributed by atoms with Crippen molar-refractivity contribution in [2.45, 2.75) is 132 Å². The molecule has 3 aliphatic carbocycles. The minimum atomic E-state index is -2.22. The number of hydrogen-bond acceptors (Lipinski definition) is 8. The average Bonchev–Trinajstić information content (AvgIpc) is 3.60. The molecule has 0 spiro atoms. The maximum Gasteiger partial charge on any atom is 0.306 e. The lowest BCUT2D eigenvalue weighted by Gasteiger charge is -2.59. The van der Waals surface area contributed by atoms with Crippen LogP contribution < -0.4 is 0 Å². The Labute approximate surface area is 249 Å². The van der Waals surface area contributed by atoms with Gasteiger partial charge in [0.15, 0.2) is 11.4 Å². The summed E-state index contributed by atoms with van der Waals surface area (Å²) >= 11 is 0. The van der Waals surface area contributed by atoms with E-state index in [0.29, 0.717) is 12.0 Å². The normalized spacial score (nSPS) is 48.4. The molecule has 3 saturated heterocycles. The van der Waals surface area contributed by atoms with Crippen LogP contribution in [0.2, 0.25) is 0 Å². The first-order valence-electron chi connectivity index (χ1n) is 16.0.